The van der Waals surface area contributed by atoms with E-state index in [0.29, 0.717) is 6.54 Å². The molecule has 0 aliphatic heterocycles. The Balaban J connectivity index is 2.14. The largest absolute Gasteiger partial charge is 0.386 e. The van der Waals surface area contributed by atoms with Crippen LogP contribution in [0.1, 0.15) is 12.7 Å². The molecule has 0 saturated heterocycles. The molecule has 80 valence electrons. The summed E-state index contributed by atoms with van der Waals surface area (Å²) in [5.74, 6) is 1.03. The van der Waals surface area contributed by atoms with E-state index in [1.54, 1.807) is 6.20 Å². The van der Waals surface area contributed by atoms with Gasteiger partial charge in [-0.2, -0.15) is 5.10 Å². The molecule has 0 aliphatic rings. The highest BCUT2D eigenvalue weighted by Crippen LogP contribution is 2.05. The first-order chi connectivity index (χ1) is 7.33. The average molecular weight is 205 g/mol. The van der Waals surface area contributed by atoms with E-state index < -0.39 is 0 Å². The van der Waals surface area contributed by atoms with Gasteiger partial charge in [0.05, 0.1) is 18.4 Å². The van der Waals surface area contributed by atoms with Crippen molar-refractivity contribution in [2.45, 2.75) is 20.0 Å². The van der Waals surface area contributed by atoms with Gasteiger partial charge in [-0.15, -0.1) is 0 Å². The molecule has 15 heavy (non-hydrogen) atoms. The van der Waals surface area contributed by atoms with Gasteiger partial charge in [-0.25, -0.2) is 4.98 Å². The first-order valence-corrected chi connectivity index (χ1v) is 5.03. The minimum Gasteiger partial charge on any atom is -0.386 e. The maximum absolute atomic E-state index is 4.30. The van der Waals surface area contributed by atoms with Gasteiger partial charge in [0.15, 0.2) is 0 Å². The van der Waals surface area contributed by atoms with E-state index >= 15 is 0 Å². The van der Waals surface area contributed by atoms with Gasteiger partial charge in [-0.1, -0.05) is 0 Å². The molecule has 0 fully saturated rings. The summed E-state index contributed by atoms with van der Waals surface area (Å²) in [6.07, 6.45) is 7.58. The molecule has 0 radical (unpaired) electrons. The molecular formula is C10H15N5. The van der Waals surface area contributed by atoms with Crippen LogP contribution in [0.5, 0.6) is 0 Å². The van der Waals surface area contributed by atoms with Gasteiger partial charge >= 0.3 is 0 Å². The summed E-state index contributed by atoms with van der Waals surface area (Å²) in [7, 11) is 1.88. The van der Waals surface area contributed by atoms with Crippen molar-refractivity contribution < 1.29 is 0 Å². The molecule has 5 nitrogen and oxygen atoms in total. The zero-order valence-corrected chi connectivity index (χ0v) is 9.01. The van der Waals surface area contributed by atoms with Gasteiger partial charge < -0.3 is 9.88 Å². The number of nitrogens with zero attached hydrogens (tertiary/aromatic N) is 4. The summed E-state index contributed by atoms with van der Waals surface area (Å²) in [5, 5.41) is 7.28. The molecule has 0 amide bonds. The van der Waals surface area contributed by atoms with Crippen LogP contribution in [0.15, 0.2) is 24.8 Å². The molecule has 2 aromatic rings. The van der Waals surface area contributed by atoms with E-state index in [0.717, 1.165) is 18.1 Å². The van der Waals surface area contributed by atoms with Gasteiger partial charge in [-0.05, 0) is 6.92 Å². The van der Waals surface area contributed by atoms with Crippen LogP contribution in [0.3, 0.4) is 0 Å². The number of rotatable bonds is 4. The van der Waals surface area contributed by atoms with Gasteiger partial charge in [0, 0.05) is 32.2 Å². The minimum atomic E-state index is 0.711. The molecule has 0 aliphatic carbocycles. The Labute approximate surface area is 88.7 Å². The SMILES string of the molecule is CCn1ccnc1Cn1cc(NC)cn1. The van der Waals surface area contributed by atoms with Crippen LogP contribution in [-0.2, 0) is 13.1 Å². The molecule has 0 unspecified atom stereocenters. The van der Waals surface area contributed by atoms with Gasteiger partial charge in [-0.3, -0.25) is 4.68 Å². The van der Waals surface area contributed by atoms with Crippen molar-refractivity contribution in [1.29, 1.82) is 0 Å². The fraction of sp³-hybridized carbons (Fsp3) is 0.400. The van der Waals surface area contributed by atoms with Crippen molar-refractivity contribution in [3.8, 4) is 0 Å². The zero-order valence-electron chi connectivity index (χ0n) is 9.01. The average Bonchev–Trinajstić information content (AvgIpc) is 2.87. The van der Waals surface area contributed by atoms with E-state index in [4.69, 9.17) is 0 Å². The first-order valence-electron chi connectivity index (χ1n) is 5.03. The smallest absolute Gasteiger partial charge is 0.130 e. The Kier molecular flexibility index (Phi) is 2.71. The van der Waals surface area contributed by atoms with Crippen LogP contribution in [-0.4, -0.2) is 26.4 Å². The van der Waals surface area contributed by atoms with Crippen LogP contribution in [0.25, 0.3) is 0 Å². The molecule has 0 saturated carbocycles. The Morgan fingerprint density at radius 1 is 1.47 bits per heavy atom. The molecular weight excluding hydrogens is 190 g/mol. The van der Waals surface area contributed by atoms with Crippen LogP contribution in [0.2, 0.25) is 0 Å². The third-order valence-corrected chi connectivity index (χ3v) is 2.37. The highest BCUT2D eigenvalue weighted by molar-refractivity contribution is 5.36. The van der Waals surface area contributed by atoms with Crippen molar-refractivity contribution in [2.75, 3.05) is 12.4 Å². The summed E-state index contributed by atoms with van der Waals surface area (Å²) in [6, 6.07) is 0. The predicted molar refractivity (Wildman–Crippen MR) is 58.8 cm³/mol. The molecule has 2 aromatic heterocycles. The maximum Gasteiger partial charge on any atom is 0.130 e. The summed E-state index contributed by atoms with van der Waals surface area (Å²) < 4.78 is 3.99. The summed E-state index contributed by atoms with van der Waals surface area (Å²) >= 11 is 0. The summed E-state index contributed by atoms with van der Waals surface area (Å²) in [5.41, 5.74) is 1.02. The number of hydrogen-bond donors (Lipinski definition) is 1. The van der Waals surface area contributed by atoms with Crippen molar-refractivity contribution in [3.63, 3.8) is 0 Å². The van der Waals surface area contributed by atoms with E-state index in [1.807, 2.05) is 30.3 Å². The van der Waals surface area contributed by atoms with Crippen molar-refractivity contribution in [1.82, 2.24) is 19.3 Å². The van der Waals surface area contributed by atoms with Crippen molar-refractivity contribution in [2.24, 2.45) is 0 Å². The molecule has 0 aromatic carbocycles. The van der Waals surface area contributed by atoms with Gasteiger partial charge in [0.2, 0.25) is 0 Å². The molecule has 0 spiro atoms. The zero-order chi connectivity index (χ0) is 10.7. The van der Waals surface area contributed by atoms with E-state index in [9.17, 15) is 0 Å². The fourth-order valence-electron chi connectivity index (χ4n) is 1.50. The highest BCUT2D eigenvalue weighted by Gasteiger charge is 2.03. The van der Waals surface area contributed by atoms with Crippen molar-refractivity contribution in [3.05, 3.63) is 30.6 Å². The third kappa shape index (κ3) is 2.01. The number of imidazole rings is 1. The molecule has 0 bridgehead atoms. The van der Waals surface area contributed by atoms with Crippen LogP contribution < -0.4 is 5.32 Å². The topological polar surface area (TPSA) is 47.7 Å². The third-order valence-electron chi connectivity index (χ3n) is 2.37. The lowest BCUT2D eigenvalue weighted by Gasteiger charge is -2.04. The second-order valence-electron chi connectivity index (χ2n) is 3.31. The lowest BCUT2D eigenvalue weighted by Crippen LogP contribution is -2.07. The van der Waals surface area contributed by atoms with E-state index in [2.05, 4.69) is 26.9 Å². The van der Waals surface area contributed by atoms with Gasteiger partial charge in [0.25, 0.3) is 0 Å². The Morgan fingerprint density at radius 2 is 2.33 bits per heavy atom. The monoisotopic (exact) mass is 205 g/mol. The van der Waals surface area contributed by atoms with Crippen LogP contribution in [0, 0.1) is 0 Å². The Hall–Kier alpha value is -1.78. The number of anilines is 1. The summed E-state index contributed by atoms with van der Waals surface area (Å²) in [4.78, 5) is 4.30. The number of aryl methyl sites for hydroxylation is 1. The Bertz CT molecular complexity index is 428. The molecule has 2 rings (SSSR count). The van der Waals surface area contributed by atoms with E-state index in [-0.39, 0.29) is 0 Å². The Morgan fingerprint density at radius 3 is 3.00 bits per heavy atom. The van der Waals surface area contributed by atoms with E-state index in [1.165, 1.54) is 0 Å². The quantitative estimate of drug-likeness (QED) is 0.815. The normalized spacial score (nSPS) is 10.5. The second kappa shape index (κ2) is 4.16. The number of nitrogens with one attached hydrogen (secondary N) is 1. The minimum absolute atomic E-state index is 0.711. The lowest BCUT2D eigenvalue weighted by atomic mass is 10.5. The molecule has 0 atom stereocenters. The fourth-order valence-corrected chi connectivity index (χ4v) is 1.50. The molecule has 1 N–H and O–H groups in total. The molecule has 5 heteroatoms. The predicted octanol–water partition coefficient (Wildman–Crippen LogP) is 1.19. The highest BCUT2D eigenvalue weighted by atomic mass is 15.3. The number of hydrogen-bond acceptors (Lipinski definition) is 3. The van der Waals surface area contributed by atoms with Crippen molar-refractivity contribution >= 4 is 5.69 Å². The molecule has 2 heterocycles. The van der Waals surface area contributed by atoms with Gasteiger partial charge in [0.1, 0.15) is 5.82 Å². The summed E-state index contributed by atoms with van der Waals surface area (Å²) in [6.45, 7) is 3.76. The number of aromatic nitrogens is 4. The van der Waals surface area contributed by atoms with Crippen LogP contribution in [0.4, 0.5) is 5.69 Å². The lowest BCUT2D eigenvalue weighted by molar-refractivity contribution is 0.607. The second-order valence-corrected chi connectivity index (χ2v) is 3.31. The maximum atomic E-state index is 4.30. The van der Waals surface area contributed by atoms with Crippen LogP contribution >= 0.6 is 0 Å². The standard InChI is InChI=1S/C10H15N5/c1-3-14-5-4-12-10(14)8-15-7-9(11-2)6-13-15/h4-7,11H,3,8H2,1-2H3. The first kappa shape index (κ1) is 9.76.